The van der Waals surface area contributed by atoms with Crippen LogP contribution >= 0.6 is 11.6 Å². The van der Waals surface area contributed by atoms with Gasteiger partial charge in [-0.3, -0.25) is 4.79 Å². The van der Waals surface area contributed by atoms with E-state index in [0.29, 0.717) is 0 Å². The van der Waals surface area contributed by atoms with Gasteiger partial charge in [-0.25, -0.2) is 0 Å². The fourth-order valence-electron chi connectivity index (χ4n) is 1.60. The molecule has 0 aliphatic carbocycles. The van der Waals surface area contributed by atoms with Crippen LogP contribution in [0.15, 0.2) is 12.1 Å². The molecule has 0 bridgehead atoms. The molecule has 3 heteroatoms. The summed E-state index contributed by atoms with van der Waals surface area (Å²) in [5, 5.41) is 2.33. The van der Waals surface area contributed by atoms with Crippen LogP contribution in [0, 0.1) is 20.8 Å². The molecule has 2 nitrogen and oxygen atoms in total. The number of halogens is 1. The number of hydrogen-bond acceptors (Lipinski definition) is 1. The minimum Gasteiger partial charge on any atom is -0.324 e. The van der Waals surface area contributed by atoms with Gasteiger partial charge in [-0.2, -0.15) is 0 Å². The van der Waals surface area contributed by atoms with Gasteiger partial charge in [-0.05, 0) is 38.8 Å². The summed E-state index contributed by atoms with van der Waals surface area (Å²) in [6.45, 7) is 7.66. The average molecular weight is 226 g/mol. The molecule has 82 valence electrons. The molecule has 15 heavy (non-hydrogen) atoms. The molecule has 0 aliphatic rings. The first-order chi connectivity index (χ1) is 6.91. The van der Waals surface area contributed by atoms with Crippen molar-refractivity contribution in [1.29, 1.82) is 0 Å². The summed E-state index contributed by atoms with van der Waals surface area (Å²) < 4.78 is 0. The van der Waals surface area contributed by atoms with E-state index in [1.54, 1.807) is 6.92 Å². The molecular weight excluding hydrogens is 210 g/mol. The van der Waals surface area contributed by atoms with Crippen LogP contribution in [-0.2, 0) is 4.79 Å². The van der Waals surface area contributed by atoms with E-state index < -0.39 is 5.38 Å². The summed E-state index contributed by atoms with van der Waals surface area (Å²) in [6, 6.07) is 4.09. The Morgan fingerprint density at radius 1 is 1.27 bits per heavy atom. The summed E-state index contributed by atoms with van der Waals surface area (Å²) >= 11 is 5.70. The molecule has 0 radical (unpaired) electrons. The first-order valence-electron chi connectivity index (χ1n) is 4.94. The zero-order valence-corrected chi connectivity index (χ0v) is 10.3. The van der Waals surface area contributed by atoms with Gasteiger partial charge in [-0.1, -0.05) is 17.7 Å². The van der Waals surface area contributed by atoms with Crippen molar-refractivity contribution in [3.63, 3.8) is 0 Å². The van der Waals surface area contributed by atoms with Gasteiger partial charge in [0.15, 0.2) is 0 Å². The molecule has 0 spiro atoms. The normalized spacial score (nSPS) is 12.3. The number of alkyl halides is 1. The van der Waals surface area contributed by atoms with Gasteiger partial charge in [-0.15, -0.1) is 11.6 Å². The first-order valence-corrected chi connectivity index (χ1v) is 5.38. The van der Waals surface area contributed by atoms with Crippen LogP contribution in [0.25, 0.3) is 0 Å². The third-order valence-corrected chi connectivity index (χ3v) is 2.48. The Morgan fingerprint density at radius 3 is 2.13 bits per heavy atom. The fourth-order valence-corrected chi connectivity index (χ4v) is 1.65. The lowest BCUT2D eigenvalue weighted by molar-refractivity contribution is -0.115. The topological polar surface area (TPSA) is 29.1 Å². The second kappa shape index (κ2) is 4.67. The van der Waals surface area contributed by atoms with Gasteiger partial charge in [0.1, 0.15) is 5.38 Å². The van der Waals surface area contributed by atoms with Gasteiger partial charge in [0.2, 0.25) is 5.91 Å². The van der Waals surface area contributed by atoms with Crippen LogP contribution < -0.4 is 5.32 Å². The third kappa shape index (κ3) is 2.96. The van der Waals surface area contributed by atoms with E-state index in [9.17, 15) is 4.79 Å². The maximum Gasteiger partial charge on any atom is 0.242 e. The summed E-state index contributed by atoms with van der Waals surface area (Å²) in [7, 11) is 0. The van der Waals surface area contributed by atoms with E-state index in [1.165, 1.54) is 5.56 Å². The predicted molar refractivity (Wildman–Crippen MR) is 64.6 cm³/mol. The summed E-state index contributed by atoms with van der Waals surface area (Å²) in [4.78, 5) is 11.5. The van der Waals surface area contributed by atoms with Gasteiger partial charge in [0.05, 0.1) is 0 Å². The number of anilines is 1. The molecule has 1 N–H and O–H groups in total. The molecule has 1 amide bonds. The van der Waals surface area contributed by atoms with Gasteiger partial charge in [0.25, 0.3) is 0 Å². The smallest absolute Gasteiger partial charge is 0.242 e. The van der Waals surface area contributed by atoms with Crippen molar-refractivity contribution in [3.05, 3.63) is 28.8 Å². The molecular formula is C12H16ClNO. The van der Waals surface area contributed by atoms with E-state index in [4.69, 9.17) is 11.6 Å². The summed E-state index contributed by atoms with van der Waals surface area (Å²) in [6.07, 6.45) is 0. The zero-order chi connectivity index (χ0) is 11.6. The standard InChI is InChI=1S/C12H16ClNO/c1-7-5-8(2)11(9(3)6-7)14-12(15)10(4)13/h5-6,10H,1-4H3,(H,14,15)/t10-/m0/s1. The van der Waals surface area contributed by atoms with Crippen LogP contribution in [0.4, 0.5) is 5.69 Å². The number of rotatable bonds is 2. The SMILES string of the molecule is Cc1cc(C)c(NC(=O)[C@H](C)Cl)c(C)c1. The lowest BCUT2D eigenvalue weighted by Gasteiger charge is -2.13. The third-order valence-electron chi connectivity index (χ3n) is 2.29. The lowest BCUT2D eigenvalue weighted by Crippen LogP contribution is -2.21. The Labute approximate surface area is 95.6 Å². The number of hydrogen-bond donors (Lipinski definition) is 1. The van der Waals surface area contributed by atoms with E-state index in [-0.39, 0.29) is 5.91 Å². The monoisotopic (exact) mass is 225 g/mol. The zero-order valence-electron chi connectivity index (χ0n) is 9.52. The Morgan fingerprint density at radius 2 is 1.73 bits per heavy atom. The van der Waals surface area contributed by atoms with Crippen molar-refractivity contribution < 1.29 is 4.79 Å². The second-order valence-corrected chi connectivity index (χ2v) is 4.53. The average Bonchev–Trinajstić information content (AvgIpc) is 2.10. The molecule has 1 rings (SSSR count). The highest BCUT2D eigenvalue weighted by molar-refractivity contribution is 6.32. The van der Waals surface area contributed by atoms with E-state index in [1.807, 2.05) is 32.9 Å². The molecule has 1 atom stereocenters. The Hall–Kier alpha value is -1.02. The van der Waals surface area contributed by atoms with Gasteiger partial charge >= 0.3 is 0 Å². The van der Waals surface area contributed by atoms with Gasteiger partial charge in [0, 0.05) is 5.69 Å². The number of aryl methyl sites for hydroxylation is 3. The number of nitrogens with one attached hydrogen (secondary N) is 1. The molecule has 0 unspecified atom stereocenters. The number of carbonyl (C=O) groups is 1. The predicted octanol–water partition coefficient (Wildman–Crippen LogP) is 3.18. The van der Waals surface area contributed by atoms with Crippen LogP contribution in [0.3, 0.4) is 0 Å². The summed E-state index contributed by atoms with van der Waals surface area (Å²) in [5.41, 5.74) is 4.20. The van der Waals surface area contributed by atoms with Crippen molar-refractivity contribution in [1.82, 2.24) is 0 Å². The Balaban J connectivity index is 3.00. The van der Waals surface area contributed by atoms with Crippen molar-refractivity contribution in [2.45, 2.75) is 33.1 Å². The molecule has 1 aromatic carbocycles. The van der Waals surface area contributed by atoms with Crippen molar-refractivity contribution in [2.75, 3.05) is 5.32 Å². The van der Waals surface area contributed by atoms with E-state index in [2.05, 4.69) is 5.32 Å². The number of amides is 1. The Kier molecular flexibility index (Phi) is 3.75. The quantitative estimate of drug-likeness (QED) is 0.770. The van der Waals surface area contributed by atoms with E-state index >= 15 is 0 Å². The highest BCUT2D eigenvalue weighted by atomic mass is 35.5. The molecule has 0 saturated carbocycles. The van der Waals surface area contributed by atoms with Crippen molar-refractivity contribution in [2.24, 2.45) is 0 Å². The molecule has 0 fully saturated rings. The van der Waals surface area contributed by atoms with Gasteiger partial charge < -0.3 is 5.32 Å². The van der Waals surface area contributed by atoms with Crippen LogP contribution in [-0.4, -0.2) is 11.3 Å². The highest BCUT2D eigenvalue weighted by Crippen LogP contribution is 2.22. The molecule has 0 aliphatic heterocycles. The van der Waals surface area contributed by atoms with Crippen molar-refractivity contribution in [3.8, 4) is 0 Å². The highest BCUT2D eigenvalue weighted by Gasteiger charge is 2.12. The molecule has 0 heterocycles. The fraction of sp³-hybridized carbons (Fsp3) is 0.417. The number of carbonyl (C=O) groups excluding carboxylic acids is 1. The van der Waals surface area contributed by atoms with Crippen LogP contribution in [0.1, 0.15) is 23.6 Å². The minimum absolute atomic E-state index is 0.160. The molecule has 0 aromatic heterocycles. The van der Waals surface area contributed by atoms with Crippen molar-refractivity contribution >= 4 is 23.2 Å². The minimum atomic E-state index is -0.509. The second-order valence-electron chi connectivity index (χ2n) is 3.88. The maximum atomic E-state index is 11.5. The lowest BCUT2D eigenvalue weighted by atomic mass is 10.1. The van der Waals surface area contributed by atoms with Crippen LogP contribution in [0.5, 0.6) is 0 Å². The number of benzene rings is 1. The molecule has 0 saturated heterocycles. The maximum absolute atomic E-state index is 11.5. The Bertz CT molecular complexity index is 362. The van der Waals surface area contributed by atoms with Crippen LogP contribution in [0.2, 0.25) is 0 Å². The first kappa shape index (κ1) is 12.1. The molecule has 1 aromatic rings. The largest absolute Gasteiger partial charge is 0.324 e. The van der Waals surface area contributed by atoms with E-state index in [0.717, 1.165) is 16.8 Å². The summed E-state index contributed by atoms with van der Waals surface area (Å²) in [5.74, 6) is -0.160.